The predicted octanol–water partition coefficient (Wildman–Crippen LogP) is 2.17. The van der Waals surface area contributed by atoms with Crippen LogP contribution >= 0.6 is 0 Å². The molecule has 0 aliphatic heterocycles. The number of anilines is 1. The Bertz CT molecular complexity index is 389. The zero-order chi connectivity index (χ0) is 12.3. The highest BCUT2D eigenvalue weighted by atomic mass is 16.5. The number of nitrogens with two attached hydrogens (primary N) is 1. The second kappa shape index (κ2) is 4.96. The Kier molecular flexibility index (Phi) is 3.88. The van der Waals surface area contributed by atoms with Gasteiger partial charge < -0.3 is 10.5 Å². The second-order valence-electron chi connectivity index (χ2n) is 4.26. The van der Waals surface area contributed by atoms with Crippen molar-refractivity contribution < 1.29 is 9.53 Å². The van der Waals surface area contributed by atoms with E-state index in [0.717, 1.165) is 0 Å². The fourth-order valence-electron chi connectivity index (χ4n) is 1.12. The van der Waals surface area contributed by atoms with E-state index in [-0.39, 0.29) is 12.1 Å². The van der Waals surface area contributed by atoms with E-state index in [4.69, 9.17) is 10.5 Å². The van der Waals surface area contributed by atoms with Crippen LogP contribution in [0.3, 0.4) is 0 Å². The third-order valence-corrected chi connectivity index (χ3v) is 2.56. The topological polar surface area (TPSA) is 65.2 Å². The van der Waals surface area contributed by atoms with Crippen LogP contribution in [0.1, 0.15) is 36.8 Å². The van der Waals surface area contributed by atoms with Gasteiger partial charge in [0.15, 0.2) is 0 Å². The molecule has 0 amide bonds. The number of ether oxygens (including phenoxy) is 1. The highest BCUT2D eigenvalue weighted by molar-refractivity contribution is 5.91. The minimum absolute atomic E-state index is 0.117. The number of nitrogen functional groups attached to an aromatic ring is 1. The molecule has 0 aromatic carbocycles. The second-order valence-corrected chi connectivity index (χ2v) is 4.26. The van der Waals surface area contributed by atoms with E-state index in [0.29, 0.717) is 22.9 Å². The summed E-state index contributed by atoms with van der Waals surface area (Å²) in [6.45, 7) is 7.64. The van der Waals surface area contributed by atoms with Crippen LogP contribution in [0.5, 0.6) is 0 Å². The molecule has 0 aliphatic carbocycles. The summed E-state index contributed by atoms with van der Waals surface area (Å²) >= 11 is 0. The van der Waals surface area contributed by atoms with E-state index in [1.54, 1.807) is 13.0 Å². The van der Waals surface area contributed by atoms with Crippen molar-refractivity contribution in [2.45, 2.75) is 33.8 Å². The lowest BCUT2D eigenvalue weighted by Gasteiger charge is -2.17. The number of nitrogens with zero attached hydrogens (tertiary/aromatic N) is 1. The summed E-state index contributed by atoms with van der Waals surface area (Å²) in [7, 11) is 0. The molecule has 0 radical (unpaired) electrons. The van der Waals surface area contributed by atoms with Gasteiger partial charge in [0.1, 0.15) is 6.10 Å². The van der Waals surface area contributed by atoms with Crippen LogP contribution in [-0.2, 0) is 4.74 Å². The molecule has 1 aromatic heterocycles. The van der Waals surface area contributed by atoms with Gasteiger partial charge in [-0.3, -0.25) is 4.98 Å². The summed E-state index contributed by atoms with van der Waals surface area (Å²) in [6, 6.07) is 1.59. The maximum Gasteiger partial charge on any atom is 0.340 e. The Hall–Kier alpha value is -1.58. The fraction of sp³-hybridized carbons (Fsp3) is 0.500. The average Bonchev–Trinajstić information content (AvgIpc) is 2.21. The standard InChI is InChI=1S/C12H18N2O2/c1-7(2)9(4)16-12(15)11-5-10(13)6-14-8(11)3/h5-7,9H,13H2,1-4H3. The summed E-state index contributed by atoms with van der Waals surface area (Å²) in [5.74, 6) is -0.0724. The number of aryl methyl sites for hydroxylation is 1. The van der Waals surface area contributed by atoms with Crippen LogP contribution < -0.4 is 5.73 Å². The molecule has 1 heterocycles. The van der Waals surface area contributed by atoms with Gasteiger partial charge in [0.2, 0.25) is 0 Å². The molecule has 0 saturated heterocycles. The minimum atomic E-state index is -0.362. The zero-order valence-electron chi connectivity index (χ0n) is 10.2. The monoisotopic (exact) mass is 222 g/mol. The number of pyridine rings is 1. The molecule has 0 aliphatic rings. The SMILES string of the molecule is Cc1ncc(N)cc1C(=O)OC(C)C(C)C. The van der Waals surface area contributed by atoms with Gasteiger partial charge in [-0.1, -0.05) is 13.8 Å². The van der Waals surface area contributed by atoms with E-state index in [9.17, 15) is 4.79 Å². The quantitative estimate of drug-likeness (QED) is 0.796. The molecular formula is C12H18N2O2. The molecule has 1 atom stereocenters. The van der Waals surface area contributed by atoms with E-state index < -0.39 is 0 Å². The summed E-state index contributed by atoms with van der Waals surface area (Å²) < 4.78 is 5.30. The largest absolute Gasteiger partial charge is 0.459 e. The van der Waals surface area contributed by atoms with Crippen LogP contribution in [-0.4, -0.2) is 17.1 Å². The summed E-state index contributed by atoms with van der Waals surface area (Å²) in [5.41, 5.74) is 7.12. The van der Waals surface area contributed by atoms with E-state index in [1.807, 2.05) is 20.8 Å². The summed E-state index contributed by atoms with van der Waals surface area (Å²) in [4.78, 5) is 15.8. The highest BCUT2D eigenvalue weighted by Crippen LogP contribution is 2.14. The average molecular weight is 222 g/mol. The molecule has 0 spiro atoms. The van der Waals surface area contributed by atoms with Crippen molar-refractivity contribution in [3.63, 3.8) is 0 Å². The Morgan fingerprint density at radius 2 is 2.06 bits per heavy atom. The summed E-state index contributed by atoms with van der Waals surface area (Å²) in [6.07, 6.45) is 1.41. The number of hydrogen-bond acceptors (Lipinski definition) is 4. The van der Waals surface area contributed by atoms with E-state index in [2.05, 4.69) is 4.98 Å². The van der Waals surface area contributed by atoms with Crippen molar-refractivity contribution >= 4 is 11.7 Å². The van der Waals surface area contributed by atoms with E-state index in [1.165, 1.54) is 6.20 Å². The molecule has 16 heavy (non-hydrogen) atoms. The van der Waals surface area contributed by atoms with Gasteiger partial charge in [-0.15, -0.1) is 0 Å². The van der Waals surface area contributed by atoms with Crippen LogP contribution in [0.25, 0.3) is 0 Å². The van der Waals surface area contributed by atoms with Gasteiger partial charge in [0.25, 0.3) is 0 Å². The minimum Gasteiger partial charge on any atom is -0.459 e. The molecular weight excluding hydrogens is 204 g/mol. The van der Waals surface area contributed by atoms with Gasteiger partial charge in [-0.05, 0) is 25.8 Å². The Morgan fingerprint density at radius 3 is 2.62 bits per heavy atom. The zero-order valence-corrected chi connectivity index (χ0v) is 10.2. The number of aromatic nitrogens is 1. The third kappa shape index (κ3) is 2.95. The number of carbonyl (C=O) groups is 1. The molecule has 1 unspecified atom stereocenters. The van der Waals surface area contributed by atoms with Gasteiger partial charge in [0, 0.05) is 0 Å². The molecule has 4 heteroatoms. The van der Waals surface area contributed by atoms with Crippen LogP contribution in [0.4, 0.5) is 5.69 Å². The van der Waals surface area contributed by atoms with Gasteiger partial charge >= 0.3 is 5.97 Å². The lowest BCUT2D eigenvalue weighted by Crippen LogP contribution is -2.21. The van der Waals surface area contributed by atoms with Crippen molar-refractivity contribution in [1.29, 1.82) is 0 Å². The first-order valence-electron chi connectivity index (χ1n) is 5.35. The number of carbonyl (C=O) groups excluding carboxylic acids is 1. The van der Waals surface area contributed by atoms with Crippen LogP contribution in [0, 0.1) is 12.8 Å². The molecule has 1 rings (SSSR count). The van der Waals surface area contributed by atoms with Gasteiger partial charge in [-0.2, -0.15) is 0 Å². The molecule has 1 aromatic rings. The normalized spacial score (nSPS) is 12.6. The Labute approximate surface area is 95.8 Å². The van der Waals surface area contributed by atoms with Crippen molar-refractivity contribution in [3.8, 4) is 0 Å². The Balaban J connectivity index is 2.84. The number of hydrogen-bond donors (Lipinski definition) is 1. The fourth-order valence-corrected chi connectivity index (χ4v) is 1.12. The molecule has 4 nitrogen and oxygen atoms in total. The first kappa shape index (κ1) is 12.5. The smallest absolute Gasteiger partial charge is 0.340 e. The van der Waals surface area contributed by atoms with Crippen LogP contribution in [0.15, 0.2) is 12.3 Å². The Morgan fingerprint density at radius 1 is 1.44 bits per heavy atom. The van der Waals surface area contributed by atoms with Crippen molar-refractivity contribution in [2.75, 3.05) is 5.73 Å². The lowest BCUT2D eigenvalue weighted by molar-refractivity contribution is 0.0236. The van der Waals surface area contributed by atoms with Gasteiger partial charge in [-0.25, -0.2) is 4.79 Å². The van der Waals surface area contributed by atoms with Crippen LogP contribution in [0.2, 0.25) is 0 Å². The van der Waals surface area contributed by atoms with Crippen molar-refractivity contribution in [3.05, 3.63) is 23.5 Å². The highest BCUT2D eigenvalue weighted by Gasteiger charge is 2.17. The molecule has 0 saturated carbocycles. The van der Waals surface area contributed by atoms with Gasteiger partial charge in [0.05, 0.1) is 23.1 Å². The third-order valence-electron chi connectivity index (χ3n) is 2.56. The maximum absolute atomic E-state index is 11.8. The van der Waals surface area contributed by atoms with Crippen molar-refractivity contribution in [1.82, 2.24) is 4.98 Å². The lowest BCUT2D eigenvalue weighted by atomic mass is 10.1. The summed E-state index contributed by atoms with van der Waals surface area (Å²) in [5, 5.41) is 0. The molecule has 2 N–H and O–H groups in total. The molecule has 88 valence electrons. The van der Waals surface area contributed by atoms with E-state index >= 15 is 0 Å². The van der Waals surface area contributed by atoms with Crippen molar-refractivity contribution in [2.24, 2.45) is 5.92 Å². The molecule has 0 bridgehead atoms. The predicted molar refractivity (Wildman–Crippen MR) is 63.1 cm³/mol. The first-order valence-corrected chi connectivity index (χ1v) is 5.35. The first-order chi connectivity index (χ1) is 7.41. The number of esters is 1. The number of rotatable bonds is 3. The molecule has 0 fully saturated rings. The maximum atomic E-state index is 11.8.